The summed E-state index contributed by atoms with van der Waals surface area (Å²) in [5, 5.41) is 7.31. The number of nitrogens with zero attached hydrogens (tertiary/aromatic N) is 1. The second kappa shape index (κ2) is 10.3. The molecule has 3 aromatic carbocycles. The van der Waals surface area contributed by atoms with Crippen LogP contribution in [0, 0.1) is 0 Å². The van der Waals surface area contributed by atoms with Gasteiger partial charge in [0.2, 0.25) is 5.96 Å². The van der Waals surface area contributed by atoms with E-state index in [0.29, 0.717) is 24.7 Å². The number of nitrogens with one attached hydrogen (secondary N) is 3. The summed E-state index contributed by atoms with van der Waals surface area (Å²) in [5.74, 6) is 0.988. The van der Waals surface area contributed by atoms with Crippen LogP contribution in [0.2, 0.25) is 0 Å². The molecule has 0 saturated heterocycles. The lowest BCUT2D eigenvalue weighted by Gasteiger charge is -2.12. The number of carbonyl (C=O) groups is 1. The number of ether oxygens (including phenoxy) is 1. The number of fused-ring (bicyclic) bond motifs is 1. The average Bonchev–Trinajstić information content (AvgIpc) is 3.24. The van der Waals surface area contributed by atoms with Gasteiger partial charge in [0.15, 0.2) is 0 Å². The number of para-hydroxylation sites is 1. The van der Waals surface area contributed by atoms with Gasteiger partial charge in [-0.1, -0.05) is 36.4 Å². The van der Waals surface area contributed by atoms with Crippen LogP contribution in [-0.2, 0) is 6.42 Å². The van der Waals surface area contributed by atoms with E-state index >= 15 is 0 Å². The van der Waals surface area contributed by atoms with Gasteiger partial charge in [-0.25, -0.2) is 0 Å². The van der Waals surface area contributed by atoms with Crippen molar-refractivity contribution in [2.24, 2.45) is 4.99 Å². The highest BCUT2D eigenvalue weighted by Gasteiger charge is 2.10. The van der Waals surface area contributed by atoms with E-state index in [9.17, 15) is 4.79 Å². The lowest BCUT2D eigenvalue weighted by atomic mass is 10.1. The van der Waals surface area contributed by atoms with Crippen LogP contribution < -0.4 is 15.4 Å². The Bertz CT molecular complexity index is 1200. The number of aromatic nitrogens is 1. The molecule has 1 amide bonds. The molecule has 1 heterocycles. The van der Waals surface area contributed by atoms with Crippen LogP contribution in [0.5, 0.6) is 5.75 Å². The van der Waals surface area contributed by atoms with Crippen LogP contribution in [0.25, 0.3) is 10.9 Å². The van der Waals surface area contributed by atoms with Crippen molar-refractivity contribution >= 4 is 28.5 Å². The van der Waals surface area contributed by atoms with E-state index in [1.165, 1.54) is 10.9 Å². The first-order valence-corrected chi connectivity index (χ1v) is 10.7. The fraction of sp³-hybridized carbons (Fsp3) is 0.154. The quantitative estimate of drug-likeness (QED) is 0.287. The van der Waals surface area contributed by atoms with Crippen molar-refractivity contribution in [3.63, 3.8) is 0 Å². The molecular weight excluding hydrogens is 400 g/mol. The van der Waals surface area contributed by atoms with E-state index in [0.717, 1.165) is 23.4 Å². The molecule has 1 aromatic heterocycles. The summed E-state index contributed by atoms with van der Waals surface area (Å²) < 4.78 is 5.50. The predicted molar refractivity (Wildman–Crippen MR) is 129 cm³/mol. The molecule has 4 rings (SSSR count). The van der Waals surface area contributed by atoms with E-state index in [1.54, 1.807) is 12.1 Å². The smallest absolute Gasteiger partial charge is 0.257 e. The Morgan fingerprint density at radius 2 is 1.72 bits per heavy atom. The molecule has 0 aliphatic carbocycles. The van der Waals surface area contributed by atoms with Crippen molar-refractivity contribution in [3.05, 3.63) is 96.2 Å². The minimum atomic E-state index is -0.213. The van der Waals surface area contributed by atoms with Crippen LogP contribution in [-0.4, -0.2) is 30.0 Å². The van der Waals surface area contributed by atoms with E-state index < -0.39 is 0 Å². The monoisotopic (exact) mass is 426 g/mol. The van der Waals surface area contributed by atoms with Crippen LogP contribution in [0.4, 0.5) is 5.69 Å². The van der Waals surface area contributed by atoms with Gasteiger partial charge in [0.05, 0.1) is 6.61 Å². The standard InChI is InChI=1S/C26H26N4O2/c1-2-32-22-14-12-21(13-15-22)29-26(30-25(31)19-8-4-3-5-9-19)27-17-16-20-18-28-24-11-7-6-10-23(20)24/h3-15,18,28H,2,16-17H2,1H3,(H2,27,29,30,31). The molecule has 0 unspecified atom stereocenters. The van der Waals surface area contributed by atoms with E-state index in [4.69, 9.17) is 4.74 Å². The van der Waals surface area contributed by atoms with Gasteiger partial charge in [-0.05, 0) is 61.4 Å². The van der Waals surface area contributed by atoms with Crippen molar-refractivity contribution in [1.82, 2.24) is 10.3 Å². The second-order valence-electron chi connectivity index (χ2n) is 7.24. The van der Waals surface area contributed by atoms with Gasteiger partial charge < -0.3 is 15.0 Å². The Kier molecular flexibility index (Phi) is 6.82. The summed E-state index contributed by atoms with van der Waals surface area (Å²) in [4.78, 5) is 20.6. The minimum Gasteiger partial charge on any atom is -0.494 e. The summed E-state index contributed by atoms with van der Waals surface area (Å²) in [6.07, 6.45) is 2.77. The fourth-order valence-corrected chi connectivity index (χ4v) is 3.44. The van der Waals surface area contributed by atoms with Gasteiger partial charge in [-0.2, -0.15) is 0 Å². The number of rotatable bonds is 7. The lowest BCUT2D eigenvalue weighted by Crippen LogP contribution is -2.36. The molecule has 0 radical (unpaired) electrons. The van der Waals surface area contributed by atoms with Crippen molar-refractivity contribution < 1.29 is 9.53 Å². The third kappa shape index (κ3) is 5.35. The maximum absolute atomic E-state index is 12.7. The molecule has 6 nitrogen and oxygen atoms in total. The van der Waals surface area contributed by atoms with E-state index in [1.807, 2.05) is 67.7 Å². The number of hydrogen-bond acceptors (Lipinski definition) is 3. The van der Waals surface area contributed by atoms with Crippen LogP contribution in [0.15, 0.2) is 90.1 Å². The van der Waals surface area contributed by atoms with Crippen molar-refractivity contribution in [1.29, 1.82) is 0 Å². The zero-order chi connectivity index (χ0) is 22.2. The highest BCUT2D eigenvalue weighted by atomic mass is 16.5. The molecule has 0 fully saturated rings. The Morgan fingerprint density at radius 1 is 0.969 bits per heavy atom. The highest BCUT2D eigenvalue weighted by Crippen LogP contribution is 2.18. The number of aliphatic imine (C=N–C) groups is 1. The molecule has 6 heteroatoms. The average molecular weight is 427 g/mol. The molecule has 0 spiro atoms. The lowest BCUT2D eigenvalue weighted by molar-refractivity contribution is 0.0977. The highest BCUT2D eigenvalue weighted by molar-refractivity contribution is 6.09. The molecular formula is C26H26N4O2. The molecule has 3 N–H and O–H groups in total. The van der Waals surface area contributed by atoms with Crippen molar-refractivity contribution in [2.75, 3.05) is 18.5 Å². The SMILES string of the molecule is CCOc1ccc(NC(=NCCc2c[nH]c3ccccc23)NC(=O)c2ccccc2)cc1. The first kappa shape index (κ1) is 21.2. The summed E-state index contributed by atoms with van der Waals surface area (Å²) in [6.45, 7) is 3.08. The second-order valence-corrected chi connectivity index (χ2v) is 7.24. The number of carbonyl (C=O) groups excluding carboxylic acids is 1. The van der Waals surface area contributed by atoms with Gasteiger partial charge in [0.25, 0.3) is 5.91 Å². The number of benzene rings is 3. The van der Waals surface area contributed by atoms with Gasteiger partial charge >= 0.3 is 0 Å². The first-order valence-electron chi connectivity index (χ1n) is 10.7. The van der Waals surface area contributed by atoms with Crippen LogP contribution in [0.1, 0.15) is 22.8 Å². The Balaban J connectivity index is 1.49. The van der Waals surface area contributed by atoms with Gasteiger partial charge in [-0.15, -0.1) is 0 Å². The molecule has 0 aliphatic rings. The number of H-pyrrole nitrogens is 1. The molecule has 0 atom stereocenters. The molecule has 0 bridgehead atoms. The van der Waals surface area contributed by atoms with Gasteiger partial charge in [-0.3, -0.25) is 15.1 Å². The molecule has 0 saturated carbocycles. The van der Waals surface area contributed by atoms with Crippen LogP contribution >= 0.6 is 0 Å². The summed E-state index contributed by atoms with van der Waals surface area (Å²) in [6, 6.07) is 24.9. The molecule has 32 heavy (non-hydrogen) atoms. The first-order chi connectivity index (χ1) is 15.7. The normalized spacial score (nSPS) is 11.3. The minimum absolute atomic E-state index is 0.213. The van der Waals surface area contributed by atoms with Crippen molar-refractivity contribution in [2.45, 2.75) is 13.3 Å². The fourth-order valence-electron chi connectivity index (χ4n) is 3.44. The third-order valence-corrected chi connectivity index (χ3v) is 5.02. The molecule has 4 aromatic rings. The maximum atomic E-state index is 12.7. The van der Waals surface area contributed by atoms with Crippen LogP contribution in [0.3, 0.4) is 0 Å². The number of anilines is 1. The predicted octanol–water partition coefficient (Wildman–Crippen LogP) is 5.01. The molecule has 162 valence electrons. The van der Waals surface area contributed by atoms with Gasteiger partial charge in [0.1, 0.15) is 5.75 Å². The van der Waals surface area contributed by atoms with E-state index in [-0.39, 0.29) is 5.91 Å². The number of amides is 1. The van der Waals surface area contributed by atoms with Gasteiger partial charge in [0, 0.05) is 34.9 Å². The summed E-state index contributed by atoms with van der Waals surface area (Å²) >= 11 is 0. The Morgan fingerprint density at radius 3 is 2.50 bits per heavy atom. The number of guanidine groups is 1. The van der Waals surface area contributed by atoms with Crippen molar-refractivity contribution in [3.8, 4) is 5.75 Å². The zero-order valence-corrected chi connectivity index (χ0v) is 18.0. The Labute approximate surface area is 187 Å². The largest absolute Gasteiger partial charge is 0.494 e. The van der Waals surface area contributed by atoms with E-state index in [2.05, 4.69) is 32.7 Å². The topological polar surface area (TPSA) is 78.5 Å². The number of hydrogen-bond donors (Lipinski definition) is 3. The summed E-state index contributed by atoms with van der Waals surface area (Å²) in [7, 11) is 0. The Hall–Kier alpha value is -4.06. The zero-order valence-electron chi connectivity index (χ0n) is 18.0. The third-order valence-electron chi connectivity index (χ3n) is 5.02. The summed E-state index contributed by atoms with van der Waals surface area (Å²) in [5.41, 5.74) is 3.69. The number of aromatic amines is 1. The maximum Gasteiger partial charge on any atom is 0.257 e. The molecule has 0 aliphatic heterocycles.